The van der Waals surface area contributed by atoms with Gasteiger partial charge in [0.15, 0.2) is 0 Å². The molecule has 0 aromatic heterocycles. The second-order valence-corrected chi connectivity index (χ2v) is 6.46. The maximum absolute atomic E-state index is 11.9. The predicted molar refractivity (Wildman–Crippen MR) is 82.2 cm³/mol. The third-order valence-corrected chi connectivity index (χ3v) is 4.30. The Morgan fingerprint density at radius 2 is 1.70 bits per heavy atom. The fraction of sp³-hybridized carbons (Fsp3) is 0.500. The van der Waals surface area contributed by atoms with Crippen molar-refractivity contribution in [3.63, 3.8) is 0 Å². The van der Waals surface area contributed by atoms with Crippen LogP contribution in [0.4, 0.5) is 0 Å². The van der Waals surface area contributed by atoms with E-state index in [1.54, 1.807) is 24.3 Å². The molecule has 0 amide bonds. The van der Waals surface area contributed by atoms with Gasteiger partial charge in [-0.3, -0.25) is 4.18 Å². The van der Waals surface area contributed by atoms with E-state index in [1.807, 2.05) is 13.0 Å². The van der Waals surface area contributed by atoms with Crippen LogP contribution in [0.25, 0.3) is 0 Å². The molecule has 1 aromatic rings. The van der Waals surface area contributed by atoms with Crippen LogP contribution in [-0.4, -0.2) is 15.0 Å². The van der Waals surface area contributed by atoms with Crippen molar-refractivity contribution in [1.29, 1.82) is 0 Å². The molecule has 112 valence electrons. The van der Waals surface area contributed by atoms with Gasteiger partial charge < -0.3 is 0 Å². The highest BCUT2D eigenvalue weighted by Gasteiger charge is 2.13. The predicted octanol–water partition coefficient (Wildman–Crippen LogP) is 4.23. The van der Waals surface area contributed by atoms with Crippen molar-refractivity contribution in [3.05, 3.63) is 42.0 Å². The molecule has 0 atom stereocenters. The monoisotopic (exact) mass is 296 g/mol. The van der Waals surface area contributed by atoms with E-state index >= 15 is 0 Å². The standard InChI is InChI=1S/C16H24O3S/c1-3-4-5-6-7-8-9-14-19-20(17,18)16-12-10-15(2)11-13-16/h7-8,10-13H,3-6,9,14H2,1-2H3. The molecule has 0 spiro atoms. The van der Waals surface area contributed by atoms with Gasteiger partial charge in [0.25, 0.3) is 10.1 Å². The average Bonchev–Trinajstić information content (AvgIpc) is 2.42. The van der Waals surface area contributed by atoms with Crippen molar-refractivity contribution in [3.8, 4) is 0 Å². The Hall–Kier alpha value is -1.13. The van der Waals surface area contributed by atoms with E-state index in [-0.39, 0.29) is 11.5 Å². The maximum Gasteiger partial charge on any atom is 0.296 e. The molecule has 3 nitrogen and oxygen atoms in total. The zero-order valence-corrected chi connectivity index (χ0v) is 13.2. The van der Waals surface area contributed by atoms with Gasteiger partial charge in [0, 0.05) is 0 Å². The summed E-state index contributed by atoms with van der Waals surface area (Å²) in [5.74, 6) is 0. The van der Waals surface area contributed by atoms with Gasteiger partial charge in [0.2, 0.25) is 0 Å². The first-order valence-electron chi connectivity index (χ1n) is 7.17. The van der Waals surface area contributed by atoms with Gasteiger partial charge >= 0.3 is 0 Å². The normalized spacial score (nSPS) is 12.1. The Labute approximate surface area is 122 Å². The highest BCUT2D eigenvalue weighted by Crippen LogP contribution is 2.13. The zero-order chi connectivity index (χ0) is 14.8. The zero-order valence-electron chi connectivity index (χ0n) is 12.3. The average molecular weight is 296 g/mol. The summed E-state index contributed by atoms with van der Waals surface area (Å²) in [6, 6.07) is 6.68. The largest absolute Gasteiger partial charge is 0.296 e. The molecule has 0 unspecified atom stereocenters. The van der Waals surface area contributed by atoms with E-state index in [9.17, 15) is 8.42 Å². The van der Waals surface area contributed by atoms with E-state index in [2.05, 4.69) is 13.0 Å². The highest BCUT2D eigenvalue weighted by atomic mass is 32.2. The molecule has 1 rings (SSSR count). The van der Waals surface area contributed by atoms with Crippen molar-refractivity contribution < 1.29 is 12.6 Å². The van der Waals surface area contributed by atoms with Gasteiger partial charge in [0.05, 0.1) is 11.5 Å². The van der Waals surface area contributed by atoms with E-state index in [4.69, 9.17) is 4.18 Å². The van der Waals surface area contributed by atoms with Crippen molar-refractivity contribution in [2.24, 2.45) is 0 Å². The molecule has 4 heteroatoms. The molecule has 0 aliphatic carbocycles. The molecule has 0 saturated carbocycles. The minimum atomic E-state index is -3.61. The molecule has 0 aliphatic heterocycles. The van der Waals surface area contributed by atoms with E-state index in [1.165, 1.54) is 19.3 Å². The Morgan fingerprint density at radius 3 is 2.35 bits per heavy atom. The van der Waals surface area contributed by atoms with Crippen LogP contribution in [-0.2, 0) is 14.3 Å². The smallest absolute Gasteiger partial charge is 0.266 e. The number of hydrogen-bond acceptors (Lipinski definition) is 3. The van der Waals surface area contributed by atoms with Gasteiger partial charge in [-0.05, 0) is 38.3 Å². The van der Waals surface area contributed by atoms with Crippen LogP contribution in [0.1, 0.15) is 44.6 Å². The lowest BCUT2D eigenvalue weighted by molar-refractivity contribution is 0.324. The molecular formula is C16H24O3S. The van der Waals surface area contributed by atoms with Gasteiger partial charge in [0.1, 0.15) is 0 Å². The van der Waals surface area contributed by atoms with E-state index < -0.39 is 10.1 Å². The molecule has 20 heavy (non-hydrogen) atoms. The van der Waals surface area contributed by atoms with Crippen molar-refractivity contribution in [1.82, 2.24) is 0 Å². The van der Waals surface area contributed by atoms with Crippen molar-refractivity contribution in [2.75, 3.05) is 6.61 Å². The molecule has 0 N–H and O–H groups in total. The van der Waals surface area contributed by atoms with E-state index in [0.717, 1.165) is 12.0 Å². The second kappa shape index (κ2) is 8.93. The van der Waals surface area contributed by atoms with Gasteiger partial charge in [-0.15, -0.1) is 0 Å². The molecular weight excluding hydrogens is 272 g/mol. The van der Waals surface area contributed by atoms with Crippen molar-refractivity contribution >= 4 is 10.1 Å². The molecule has 0 radical (unpaired) electrons. The van der Waals surface area contributed by atoms with Crippen LogP contribution >= 0.6 is 0 Å². The third kappa shape index (κ3) is 6.35. The summed E-state index contributed by atoms with van der Waals surface area (Å²) in [5, 5.41) is 0. The summed E-state index contributed by atoms with van der Waals surface area (Å²) in [6.45, 7) is 4.29. The lowest BCUT2D eigenvalue weighted by Crippen LogP contribution is -2.07. The summed E-state index contributed by atoms with van der Waals surface area (Å²) < 4.78 is 28.7. The second-order valence-electron chi connectivity index (χ2n) is 4.85. The van der Waals surface area contributed by atoms with Gasteiger partial charge in [-0.1, -0.05) is 49.6 Å². The number of hydrogen-bond donors (Lipinski definition) is 0. The first-order chi connectivity index (χ1) is 9.56. The van der Waals surface area contributed by atoms with E-state index in [0.29, 0.717) is 6.42 Å². The van der Waals surface area contributed by atoms with Crippen molar-refractivity contribution in [2.45, 2.75) is 50.8 Å². The van der Waals surface area contributed by atoms with Gasteiger partial charge in [-0.2, -0.15) is 8.42 Å². The van der Waals surface area contributed by atoms with Crippen LogP contribution in [0.3, 0.4) is 0 Å². The molecule has 0 fully saturated rings. The van der Waals surface area contributed by atoms with Crippen LogP contribution in [0, 0.1) is 6.92 Å². The lowest BCUT2D eigenvalue weighted by Gasteiger charge is -2.04. The topological polar surface area (TPSA) is 43.4 Å². The minimum Gasteiger partial charge on any atom is -0.266 e. The fourth-order valence-electron chi connectivity index (χ4n) is 1.75. The SMILES string of the molecule is CCCCCC=CCCOS(=O)(=O)c1ccc(C)cc1. The molecule has 0 saturated heterocycles. The summed E-state index contributed by atoms with van der Waals surface area (Å²) >= 11 is 0. The first-order valence-corrected chi connectivity index (χ1v) is 8.58. The summed E-state index contributed by atoms with van der Waals surface area (Å²) in [6.07, 6.45) is 9.40. The highest BCUT2D eigenvalue weighted by molar-refractivity contribution is 7.86. The third-order valence-electron chi connectivity index (χ3n) is 2.97. The number of aryl methyl sites for hydroxylation is 1. The molecule has 0 heterocycles. The number of unbranched alkanes of at least 4 members (excludes halogenated alkanes) is 3. The summed E-state index contributed by atoms with van der Waals surface area (Å²) in [4.78, 5) is 0.218. The Bertz CT molecular complexity index is 501. The minimum absolute atomic E-state index is 0.195. The fourth-order valence-corrected chi connectivity index (χ4v) is 2.67. The Kier molecular flexibility index (Phi) is 7.55. The maximum atomic E-state index is 11.9. The molecule has 0 aliphatic rings. The molecule has 0 bridgehead atoms. The van der Waals surface area contributed by atoms with Crippen LogP contribution in [0.15, 0.2) is 41.3 Å². The number of rotatable bonds is 9. The molecule has 1 aromatic carbocycles. The van der Waals surface area contributed by atoms with Crippen LogP contribution in [0.5, 0.6) is 0 Å². The first kappa shape index (κ1) is 16.9. The quantitative estimate of drug-likeness (QED) is 0.389. The number of allylic oxidation sites excluding steroid dienone is 1. The van der Waals surface area contributed by atoms with Gasteiger partial charge in [-0.25, -0.2) is 0 Å². The summed E-state index contributed by atoms with van der Waals surface area (Å²) in [7, 11) is -3.61. The Morgan fingerprint density at radius 1 is 1.05 bits per heavy atom. The number of benzene rings is 1. The Balaban J connectivity index is 2.32. The summed E-state index contributed by atoms with van der Waals surface area (Å²) in [5.41, 5.74) is 1.03. The lowest BCUT2D eigenvalue weighted by atomic mass is 10.2. The van der Waals surface area contributed by atoms with Crippen LogP contribution in [0.2, 0.25) is 0 Å². The van der Waals surface area contributed by atoms with Crippen LogP contribution < -0.4 is 0 Å².